The van der Waals surface area contributed by atoms with Crippen molar-refractivity contribution in [1.29, 1.82) is 0 Å². The summed E-state index contributed by atoms with van der Waals surface area (Å²) in [4.78, 5) is 2.50. The van der Waals surface area contributed by atoms with E-state index in [0.29, 0.717) is 5.41 Å². The Morgan fingerprint density at radius 3 is 2.04 bits per heavy atom. The van der Waals surface area contributed by atoms with Crippen molar-refractivity contribution >= 4 is 0 Å². The van der Waals surface area contributed by atoms with E-state index >= 15 is 0 Å². The van der Waals surface area contributed by atoms with Crippen LogP contribution in [0.25, 0.3) is 0 Å². The van der Waals surface area contributed by atoms with Gasteiger partial charge in [0.15, 0.2) is 0 Å². The van der Waals surface area contributed by atoms with Gasteiger partial charge in [-0.3, -0.25) is 0 Å². The van der Waals surface area contributed by atoms with Gasteiger partial charge in [-0.2, -0.15) is 0 Å². The molecule has 0 saturated heterocycles. The smallest absolute Gasteiger partial charge is 0.0192 e. The molecule has 130 valence electrons. The fourth-order valence-electron chi connectivity index (χ4n) is 5.07. The average molecular weight is 332 g/mol. The van der Waals surface area contributed by atoms with E-state index in [2.05, 4.69) is 72.6 Å². The average Bonchev–Trinajstić information content (AvgIpc) is 2.63. The minimum absolute atomic E-state index is 0.317. The van der Waals surface area contributed by atoms with Crippen molar-refractivity contribution in [2.45, 2.75) is 38.5 Å². The van der Waals surface area contributed by atoms with Crippen LogP contribution >= 0.6 is 0 Å². The Balaban J connectivity index is 1.74. The molecular formula is C24H29N. The van der Waals surface area contributed by atoms with Gasteiger partial charge in [0.05, 0.1) is 0 Å². The van der Waals surface area contributed by atoms with Crippen LogP contribution < -0.4 is 0 Å². The van der Waals surface area contributed by atoms with Gasteiger partial charge in [0.1, 0.15) is 0 Å². The summed E-state index contributed by atoms with van der Waals surface area (Å²) in [6, 6.07) is 22.3. The third-order valence-electron chi connectivity index (χ3n) is 6.18. The SMILES string of the molecule is CN1CCC2=C(CCCC2(Cc2ccccc2)Cc2ccccc2)C1. The predicted molar refractivity (Wildman–Crippen MR) is 106 cm³/mol. The van der Waals surface area contributed by atoms with E-state index < -0.39 is 0 Å². The molecule has 2 aromatic rings. The van der Waals surface area contributed by atoms with Crippen molar-refractivity contribution in [2.24, 2.45) is 5.41 Å². The van der Waals surface area contributed by atoms with Crippen LogP contribution in [0.2, 0.25) is 0 Å². The second-order valence-corrected chi connectivity index (χ2v) is 8.03. The second kappa shape index (κ2) is 7.17. The molecule has 2 aromatic carbocycles. The van der Waals surface area contributed by atoms with E-state index in [1.807, 2.05) is 0 Å². The van der Waals surface area contributed by atoms with E-state index in [4.69, 9.17) is 0 Å². The van der Waals surface area contributed by atoms with Crippen LogP contribution in [0.15, 0.2) is 71.8 Å². The van der Waals surface area contributed by atoms with E-state index in [1.165, 1.54) is 62.7 Å². The molecule has 4 rings (SSSR count). The molecule has 0 saturated carbocycles. The zero-order valence-electron chi connectivity index (χ0n) is 15.4. The van der Waals surface area contributed by atoms with Crippen LogP contribution in [-0.2, 0) is 12.8 Å². The summed E-state index contributed by atoms with van der Waals surface area (Å²) >= 11 is 0. The molecule has 0 amide bonds. The van der Waals surface area contributed by atoms with Crippen LogP contribution in [-0.4, -0.2) is 25.0 Å². The van der Waals surface area contributed by atoms with Crippen LogP contribution in [0.1, 0.15) is 36.8 Å². The van der Waals surface area contributed by atoms with Crippen molar-refractivity contribution in [3.05, 3.63) is 82.9 Å². The summed E-state index contributed by atoms with van der Waals surface area (Å²) in [5.41, 5.74) is 6.84. The molecule has 1 nitrogen and oxygen atoms in total. The molecule has 0 fully saturated rings. The molecule has 25 heavy (non-hydrogen) atoms. The van der Waals surface area contributed by atoms with Crippen LogP contribution in [0.4, 0.5) is 0 Å². The molecule has 2 aliphatic rings. The Kier molecular flexibility index (Phi) is 4.76. The van der Waals surface area contributed by atoms with Crippen molar-refractivity contribution in [1.82, 2.24) is 4.90 Å². The highest BCUT2D eigenvalue weighted by Crippen LogP contribution is 2.48. The van der Waals surface area contributed by atoms with Crippen LogP contribution in [0.5, 0.6) is 0 Å². The number of rotatable bonds is 4. The topological polar surface area (TPSA) is 3.24 Å². The zero-order chi connectivity index (χ0) is 17.1. The van der Waals surface area contributed by atoms with Gasteiger partial charge in [-0.1, -0.05) is 71.8 Å². The number of likely N-dealkylation sites (N-methyl/N-ethyl adjacent to an activating group) is 1. The van der Waals surface area contributed by atoms with Crippen LogP contribution in [0, 0.1) is 5.41 Å². The highest BCUT2D eigenvalue weighted by atomic mass is 15.1. The lowest BCUT2D eigenvalue weighted by atomic mass is 9.62. The summed E-state index contributed by atoms with van der Waals surface area (Å²) in [6.45, 7) is 2.39. The monoisotopic (exact) mass is 331 g/mol. The normalized spacial score (nSPS) is 20.4. The quantitative estimate of drug-likeness (QED) is 0.690. The Bertz CT molecular complexity index is 688. The molecule has 0 N–H and O–H groups in total. The number of nitrogens with zero attached hydrogens (tertiary/aromatic N) is 1. The molecular weight excluding hydrogens is 302 g/mol. The summed E-state index contributed by atoms with van der Waals surface area (Å²) in [7, 11) is 2.27. The molecule has 0 radical (unpaired) electrons. The summed E-state index contributed by atoms with van der Waals surface area (Å²) in [5, 5.41) is 0. The first-order valence-corrected chi connectivity index (χ1v) is 9.73. The van der Waals surface area contributed by atoms with Gasteiger partial charge in [0.25, 0.3) is 0 Å². The first-order valence-electron chi connectivity index (χ1n) is 9.73. The minimum atomic E-state index is 0.317. The van der Waals surface area contributed by atoms with Crippen molar-refractivity contribution in [2.75, 3.05) is 20.1 Å². The Labute approximate surface area is 152 Å². The number of hydrogen-bond acceptors (Lipinski definition) is 1. The van der Waals surface area contributed by atoms with Gasteiger partial charge in [-0.15, -0.1) is 0 Å². The minimum Gasteiger partial charge on any atom is -0.302 e. The number of hydrogen-bond donors (Lipinski definition) is 0. The Morgan fingerprint density at radius 2 is 1.44 bits per heavy atom. The fraction of sp³-hybridized carbons (Fsp3) is 0.417. The summed E-state index contributed by atoms with van der Waals surface area (Å²) in [5.74, 6) is 0. The van der Waals surface area contributed by atoms with Crippen LogP contribution in [0.3, 0.4) is 0 Å². The molecule has 0 bridgehead atoms. The molecule has 0 aromatic heterocycles. The Morgan fingerprint density at radius 1 is 0.840 bits per heavy atom. The lowest BCUT2D eigenvalue weighted by molar-refractivity contribution is 0.237. The van der Waals surface area contributed by atoms with Gasteiger partial charge in [-0.25, -0.2) is 0 Å². The lowest BCUT2D eigenvalue weighted by Crippen LogP contribution is -2.39. The predicted octanol–water partition coefficient (Wildman–Crippen LogP) is 5.27. The van der Waals surface area contributed by atoms with E-state index in [1.54, 1.807) is 11.1 Å². The number of benzene rings is 2. The summed E-state index contributed by atoms with van der Waals surface area (Å²) < 4.78 is 0. The third-order valence-corrected chi connectivity index (χ3v) is 6.18. The molecule has 1 aliphatic carbocycles. The third kappa shape index (κ3) is 3.57. The van der Waals surface area contributed by atoms with Gasteiger partial charge >= 0.3 is 0 Å². The highest BCUT2D eigenvalue weighted by molar-refractivity contribution is 5.34. The van der Waals surface area contributed by atoms with Gasteiger partial charge in [-0.05, 0) is 62.1 Å². The summed E-state index contributed by atoms with van der Waals surface area (Å²) in [6.07, 6.45) is 7.61. The largest absolute Gasteiger partial charge is 0.302 e. The fourth-order valence-corrected chi connectivity index (χ4v) is 5.07. The molecule has 0 atom stereocenters. The van der Waals surface area contributed by atoms with Gasteiger partial charge in [0.2, 0.25) is 0 Å². The maximum absolute atomic E-state index is 2.50. The van der Waals surface area contributed by atoms with Gasteiger partial charge in [0, 0.05) is 13.1 Å². The molecule has 0 unspecified atom stereocenters. The maximum atomic E-state index is 2.50. The van der Waals surface area contributed by atoms with Crippen molar-refractivity contribution in [3.8, 4) is 0 Å². The molecule has 1 aliphatic heterocycles. The second-order valence-electron chi connectivity index (χ2n) is 8.03. The lowest BCUT2D eigenvalue weighted by Gasteiger charge is -2.45. The van der Waals surface area contributed by atoms with E-state index in [-0.39, 0.29) is 0 Å². The highest BCUT2D eigenvalue weighted by Gasteiger charge is 2.39. The molecule has 0 spiro atoms. The maximum Gasteiger partial charge on any atom is 0.0192 e. The zero-order valence-corrected chi connectivity index (χ0v) is 15.4. The van der Waals surface area contributed by atoms with Gasteiger partial charge < -0.3 is 4.90 Å². The van der Waals surface area contributed by atoms with Crippen molar-refractivity contribution in [3.63, 3.8) is 0 Å². The standard InChI is InChI=1S/C24H29N/c1-25-16-14-23-22(19-25)13-8-15-24(23,17-20-9-4-2-5-10-20)18-21-11-6-3-7-12-21/h2-7,9-12H,8,13-19H2,1H3. The molecule has 1 heteroatoms. The first-order chi connectivity index (χ1) is 12.3. The Hall–Kier alpha value is -1.86. The van der Waals surface area contributed by atoms with E-state index in [0.717, 1.165) is 0 Å². The van der Waals surface area contributed by atoms with Crippen molar-refractivity contribution < 1.29 is 0 Å². The first kappa shape index (κ1) is 16.6. The van der Waals surface area contributed by atoms with E-state index in [9.17, 15) is 0 Å². The molecule has 1 heterocycles.